The number of likely N-dealkylation sites (tertiary alicyclic amines) is 1. The summed E-state index contributed by atoms with van der Waals surface area (Å²) in [6.45, 7) is 4.50. The third-order valence-electron chi connectivity index (χ3n) is 6.04. The van der Waals surface area contributed by atoms with E-state index in [-0.39, 0.29) is 30.4 Å². The van der Waals surface area contributed by atoms with E-state index in [1.54, 1.807) is 18.2 Å². The number of aromatic nitrogens is 1. The fraction of sp³-hybridized carbons (Fsp3) is 0.417. The van der Waals surface area contributed by atoms with Crippen molar-refractivity contribution in [3.8, 4) is 0 Å². The average Bonchev–Trinajstić information content (AvgIpc) is 3.17. The van der Waals surface area contributed by atoms with Gasteiger partial charge in [-0.2, -0.15) is 0 Å². The molecule has 1 aromatic heterocycles. The van der Waals surface area contributed by atoms with Crippen molar-refractivity contribution in [1.29, 1.82) is 0 Å². The molecule has 0 spiro atoms. The summed E-state index contributed by atoms with van der Waals surface area (Å²) in [6, 6.07) is 4.58. The molecule has 0 bridgehead atoms. The maximum absolute atomic E-state index is 13.3. The lowest BCUT2D eigenvalue weighted by Gasteiger charge is -2.30. The molecule has 172 valence electrons. The number of benzene rings is 1. The summed E-state index contributed by atoms with van der Waals surface area (Å²) in [6.07, 6.45) is 11.1. The normalized spacial score (nSPS) is 22.2. The third kappa shape index (κ3) is 5.46. The number of rotatable bonds is 7. The zero-order chi connectivity index (χ0) is 21.8. The maximum Gasteiger partial charge on any atom is 0.170 e. The van der Waals surface area contributed by atoms with E-state index in [0.717, 1.165) is 43.6 Å². The number of halogens is 2. The zero-order valence-corrected chi connectivity index (χ0v) is 18.8. The van der Waals surface area contributed by atoms with Crippen molar-refractivity contribution < 1.29 is 23.6 Å². The predicted octanol–water partition coefficient (Wildman–Crippen LogP) is 4.30. The Morgan fingerprint density at radius 2 is 2.16 bits per heavy atom. The van der Waals surface area contributed by atoms with E-state index in [2.05, 4.69) is 16.1 Å². The number of hydrogen-bond acceptors (Lipinski definition) is 6. The summed E-state index contributed by atoms with van der Waals surface area (Å²) in [5, 5.41) is 15.3. The standard InChI is InChI=1S/C24H27FN2O4.ClH/c1-17(28)24(29)10-4-5-20(16-24)30-14-3-2-11-27-12-8-18(9-13-27)23-21-7-6-19(25)15-22(21)31-26-23;/h2-7,10,15,18,29H,8-9,11-14,16H2,1H3;1H/b3-2+;. The number of fused-ring (bicyclic) bond motifs is 1. The van der Waals surface area contributed by atoms with Gasteiger partial charge in [0.05, 0.1) is 5.69 Å². The smallest absolute Gasteiger partial charge is 0.170 e. The van der Waals surface area contributed by atoms with Crippen LogP contribution in [0.5, 0.6) is 0 Å². The van der Waals surface area contributed by atoms with Gasteiger partial charge in [-0.25, -0.2) is 4.39 Å². The molecular formula is C24H28ClFN2O4. The lowest BCUT2D eigenvalue weighted by molar-refractivity contribution is -0.131. The fourth-order valence-electron chi connectivity index (χ4n) is 4.10. The largest absolute Gasteiger partial charge is 0.494 e. The Morgan fingerprint density at radius 3 is 2.91 bits per heavy atom. The van der Waals surface area contributed by atoms with Gasteiger partial charge in [0.1, 0.15) is 23.8 Å². The summed E-state index contributed by atoms with van der Waals surface area (Å²) in [7, 11) is 0. The van der Waals surface area contributed by atoms with E-state index in [1.165, 1.54) is 25.1 Å². The Hall–Kier alpha value is -2.48. The van der Waals surface area contributed by atoms with E-state index in [9.17, 15) is 14.3 Å². The average molecular weight is 463 g/mol. The molecule has 32 heavy (non-hydrogen) atoms. The number of aliphatic hydroxyl groups is 1. The first-order valence-corrected chi connectivity index (χ1v) is 10.6. The minimum absolute atomic E-state index is 0. The molecule has 6 nitrogen and oxygen atoms in total. The van der Waals surface area contributed by atoms with Gasteiger partial charge in [-0.15, -0.1) is 12.4 Å². The van der Waals surface area contributed by atoms with E-state index < -0.39 is 5.60 Å². The lowest BCUT2D eigenvalue weighted by atomic mass is 9.90. The molecule has 1 aromatic carbocycles. The van der Waals surface area contributed by atoms with Crippen molar-refractivity contribution >= 4 is 29.2 Å². The van der Waals surface area contributed by atoms with Crippen molar-refractivity contribution in [3.63, 3.8) is 0 Å². The quantitative estimate of drug-likeness (QED) is 0.618. The Morgan fingerprint density at radius 1 is 1.38 bits per heavy atom. The molecule has 0 radical (unpaired) electrons. The van der Waals surface area contributed by atoms with Crippen LogP contribution in [0.4, 0.5) is 4.39 Å². The molecule has 2 aliphatic rings. The Bertz CT molecular complexity index is 1040. The van der Waals surface area contributed by atoms with Crippen LogP contribution in [-0.2, 0) is 9.53 Å². The van der Waals surface area contributed by atoms with E-state index in [4.69, 9.17) is 9.26 Å². The number of nitrogens with zero attached hydrogens (tertiary/aromatic N) is 2. The minimum Gasteiger partial charge on any atom is -0.494 e. The van der Waals surface area contributed by atoms with Crippen LogP contribution in [-0.4, -0.2) is 52.8 Å². The second-order valence-corrected chi connectivity index (χ2v) is 8.21. The molecule has 1 fully saturated rings. The van der Waals surface area contributed by atoms with Gasteiger partial charge in [-0.1, -0.05) is 23.4 Å². The highest BCUT2D eigenvalue weighted by Gasteiger charge is 2.32. The highest BCUT2D eigenvalue weighted by molar-refractivity contribution is 5.87. The van der Waals surface area contributed by atoms with Crippen LogP contribution in [0.2, 0.25) is 0 Å². The second kappa shape index (κ2) is 10.4. The van der Waals surface area contributed by atoms with Gasteiger partial charge in [-0.3, -0.25) is 9.69 Å². The van der Waals surface area contributed by atoms with Gasteiger partial charge in [0, 0.05) is 30.3 Å². The Balaban J connectivity index is 0.00000289. The summed E-state index contributed by atoms with van der Waals surface area (Å²) in [4.78, 5) is 13.9. The molecule has 2 aromatic rings. The first-order chi connectivity index (χ1) is 14.9. The second-order valence-electron chi connectivity index (χ2n) is 8.21. The van der Waals surface area contributed by atoms with Crippen molar-refractivity contribution in [2.24, 2.45) is 0 Å². The number of ether oxygens (including phenoxy) is 1. The minimum atomic E-state index is -1.46. The molecule has 1 unspecified atom stereocenters. The molecule has 2 heterocycles. The topological polar surface area (TPSA) is 75.8 Å². The zero-order valence-electron chi connectivity index (χ0n) is 18.0. The van der Waals surface area contributed by atoms with Gasteiger partial charge in [0.25, 0.3) is 0 Å². The van der Waals surface area contributed by atoms with Crippen molar-refractivity contribution in [2.45, 2.75) is 37.7 Å². The van der Waals surface area contributed by atoms with Crippen molar-refractivity contribution in [3.05, 3.63) is 65.8 Å². The maximum atomic E-state index is 13.3. The highest BCUT2D eigenvalue weighted by Crippen LogP contribution is 2.32. The van der Waals surface area contributed by atoms with Crippen LogP contribution in [0.15, 0.2) is 58.9 Å². The van der Waals surface area contributed by atoms with E-state index in [1.807, 2.05) is 6.08 Å². The highest BCUT2D eigenvalue weighted by atomic mass is 35.5. The number of carbonyl (C=O) groups is 1. The monoisotopic (exact) mass is 462 g/mol. The summed E-state index contributed by atoms with van der Waals surface area (Å²) in [5.74, 6) is 0.321. The van der Waals surface area contributed by atoms with Crippen molar-refractivity contribution in [2.75, 3.05) is 26.2 Å². The molecule has 8 heteroatoms. The lowest BCUT2D eigenvalue weighted by Crippen LogP contribution is -2.36. The van der Waals surface area contributed by atoms with Gasteiger partial charge in [0.15, 0.2) is 11.4 Å². The molecule has 1 N–H and O–H groups in total. The number of Topliss-reactive ketones (excluding diaryl/α,β-unsaturated/α-hetero) is 1. The molecule has 1 atom stereocenters. The first kappa shape index (κ1) is 24.2. The van der Waals surface area contributed by atoms with Crippen LogP contribution in [0.3, 0.4) is 0 Å². The third-order valence-corrected chi connectivity index (χ3v) is 6.04. The predicted molar refractivity (Wildman–Crippen MR) is 122 cm³/mol. The summed E-state index contributed by atoms with van der Waals surface area (Å²) in [5.41, 5.74) is -0.0221. The van der Waals surface area contributed by atoms with Crippen LogP contribution >= 0.6 is 12.4 Å². The number of hydrogen-bond donors (Lipinski definition) is 1. The first-order valence-electron chi connectivity index (χ1n) is 10.6. The Labute approximate surface area is 192 Å². The van der Waals surface area contributed by atoms with Crippen LogP contribution in [0, 0.1) is 5.82 Å². The van der Waals surface area contributed by atoms with Gasteiger partial charge < -0.3 is 14.4 Å². The fourth-order valence-corrected chi connectivity index (χ4v) is 4.10. The van der Waals surface area contributed by atoms with E-state index >= 15 is 0 Å². The van der Waals surface area contributed by atoms with Crippen molar-refractivity contribution in [1.82, 2.24) is 10.1 Å². The molecule has 0 saturated carbocycles. The summed E-state index contributed by atoms with van der Waals surface area (Å²) >= 11 is 0. The molecular weight excluding hydrogens is 435 g/mol. The van der Waals surface area contributed by atoms with E-state index in [0.29, 0.717) is 23.9 Å². The van der Waals surface area contributed by atoms with Crippen LogP contribution in [0.25, 0.3) is 11.0 Å². The van der Waals surface area contributed by atoms with Gasteiger partial charge in [0.2, 0.25) is 0 Å². The Kier molecular flexibility index (Phi) is 7.87. The molecule has 1 aliphatic heterocycles. The SMILES string of the molecule is CC(=O)C1(O)C=CC=C(OC/C=C/CN2CCC(c3noc4cc(F)ccc34)CC2)C1.Cl. The number of allylic oxidation sites excluding steroid dienone is 2. The number of piperidine rings is 1. The number of ketones is 1. The van der Waals surface area contributed by atoms with Gasteiger partial charge in [-0.05, 0) is 57.1 Å². The van der Waals surface area contributed by atoms with Crippen LogP contribution < -0.4 is 0 Å². The summed E-state index contributed by atoms with van der Waals surface area (Å²) < 4.78 is 24.3. The number of carbonyl (C=O) groups excluding carboxylic acids is 1. The molecule has 4 rings (SSSR count). The molecule has 1 saturated heterocycles. The van der Waals surface area contributed by atoms with Gasteiger partial charge >= 0.3 is 0 Å². The van der Waals surface area contributed by atoms with Crippen LogP contribution in [0.1, 0.15) is 37.8 Å². The molecule has 1 aliphatic carbocycles. The molecule has 0 amide bonds.